The van der Waals surface area contributed by atoms with Crippen LogP contribution < -0.4 is 5.73 Å². The molecule has 0 aromatic carbocycles. The Labute approximate surface area is 107 Å². The van der Waals surface area contributed by atoms with E-state index in [9.17, 15) is 0 Å². The zero-order valence-electron chi connectivity index (χ0n) is 12.2. The third-order valence-corrected chi connectivity index (χ3v) is 4.16. The topological polar surface area (TPSA) is 32.5 Å². The summed E-state index contributed by atoms with van der Waals surface area (Å²) in [7, 11) is 4.30. The fraction of sp³-hybridized carbons (Fsp3) is 1.00. The van der Waals surface area contributed by atoms with Crippen molar-refractivity contribution in [3.63, 3.8) is 0 Å². The molecule has 1 fully saturated rings. The van der Waals surface area contributed by atoms with E-state index in [2.05, 4.69) is 37.7 Å². The van der Waals surface area contributed by atoms with Gasteiger partial charge in [0.05, 0.1) is 0 Å². The number of nitrogens with zero attached hydrogens (tertiary/aromatic N) is 2. The van der Waals surface area contributed by atoms with Crippen LogP contribution in [-0.2, 0) is 0 Å². The van der Waals surface area contributed by atoms with Crippen LogP contribution in [-0.4, -0.2) is 55.6 Å². The molecule has 0 aliphatic heterocycles. The summed E-state index contributed by atoms with van der Waals surface area (Å²) in [5.41, 5.74) is 6.14. The second-order valence-electron chi connectivity index (χ2n) is 5.88. The van der Waals surface area contributed by atoms with Gasteiger partial charge < -0.3 is 10.6 Å². The quantitative estimate of drug-likeness (QED) is 0.737. The SMILES string of the molecule is CCN(CCC1CCCC1N)C(C)CN(C)C. The summed E-state index contributed by atoms with van der Waals surface area (Å²) in [5.74, 6) is 0.774. The molecule has 0 bridgehead atoms. The Bertz CT molecular complexity index is 206. The van der Waals surface area contributed by atoms with Gasteiger partial charge >= 0.3 is 0 Å². The summed E-state index contributed by atoms with van der Waals surface area (Å²) in [6.45, 7) is 8.10. The van der Waals surface area contributed by atoms with Crippen molar-refractivity contribution in [2.24, 2.45) is 11.7 Å². The molecule has 1 rings (SSSR count). The normalized spacial score (nSPS) is 27.0. The molecule has 0 aromatic rings. The summed E-state index contributed by atoms with van der Waals surface area (Å²) in [6.07, 6.45) is 5.21. The Morgan fingerprint density at radius 1 is 1.29 bits per heavy atom. The molecule has 0 spiro atoms. The number of rotatable bonds is 7. The van der Waals surface area contributed by atoms with Gasteiger partial charge in [-0.25, -0.2) is 0 Å². The Morgan fingerprint density at radius 2 is 2.00 bits per heavy atom. The van der Waals surface area contributed by atoms with Gasteiger partial charge in [0.25, 0.3) is 0 Å². The minimum absolute atomic E-state index is 0.470. The van der Waals surface area contributed by atoms with E-state index >= 15 is 0 Å². The molecule has 3 atom stereocenters. The zero-order chi connectivity index (χ0) is 12.8. The molecule has 3 heteroatoms. The van der Waals surface area contributed by atoms with Crippen LogP contribution in [0.25, 0.3) is 0 Å². The highest BCUT2D eigenvalue weighted by molar-refractivity contribution is 4.81. The van der Waals surface area contributed by atoms with Gasteiger partial charge in [-0.3, -0.25) is 4.90 Å². The van der Waals surface area contributed by atoms with E-state index in [1.807, 2.05) is 0 Å². The van der Waals surface area contributed by atoms with Crippen molar-refractivity contribution < 1.29 is 0 Å². The second-order valence-corrected chi connectivity index (χ2v) is 5.88. The fourth-order valence-electron chi connectivity index (χ4n) is 3.09. The smallest absolute Gasteiger partial charge is 0.0194 e. The van der Waals surface area contributed by atoms with Gasteiger partial charge in [0, 0.05) is 18.6 Å². The summed E-state index contributed by atoms with van der Waals surface area (Å²) in [4.78, 5) is 4.86. The average molecular weight is 241 g/mol. The lowest BCUT2D eigenvalue weighted by atomic mass is 9.99. The van der Waals surface area contributed by atoms with Crippen LogP contribution in [0.2, 0.25) is 0 Å². The van der Waals surface area contributed by atoms with E-state index < -0.39 is 0 Å². The van der Waals surface area contributed by atoms with E-state index in [0.29, 0.717) is 12.1 Å². The highest BCUT2D eigenvalue weighted by Gasteiger charge is 2.24. The summed E-state index contributed by atoms with van der Waals surface area (Å²) in [5, 5.41) is 0. The van der Waals surface area contributed by atoms with Crippen molar-refractivity contribution in [2.45, 2.75) is 51.6 Å². The molecule has 0 amide bonds. The lowest BCUT2D eigenvalue weighted by Crippen LogP contribution is -2.41. The Balaban J connectivity index is 2.30. The maximum absolute atomic E-state index is 6.14. The molecule has 17 heavy (non-hydrogen) atoms. The van der Waals surface area contributed by atoms with E-state index in [1.165, 1.54) is 32.2 Å². The molecule has 0 heterocycles. The maximum Gasteiger partial charge on any atom is 0.0194 e. The van der Waals surface area contributed by atoms with Crippen molar-refractivity contribution in [3.8, 4) is 0 Å². The van der Waals surface area contributed by atoms with Crippen LogP contribution in [0.5, 0.6) is 0 Å². The molecule has 2 N–H and O–H groups in total. The Kier molecular flexibility index (Phi) is 6.45. The molecular formula is C14H31N3. The van der Waals surface area contributed by atoms with Gasteiger partial charge in [0.15, 0.2) is 0 Å². The first-order valence-electron chi connectivity index (χ1n) is 7.19. The molecule has 0 saturated heterocycles. The average Bonchev–Trinajstić information content (AvgIpc) is 2.64. The summed E-state index contributed by atoms with van der Waals surface area (Å²) in [6, 6.07) is 1.12. The van der Waals surface area contributed by atoms with Crippen LogP contribution >= 0.6 is 0 Å². The highest BCUT2D eigenvalue weighted by Crippen LogP contribution is 2.27. The standard InChI is InChI=1S/C14H31N3/c1-5-17(12(2)11-16(3)4)10-9-13-7-6-8-14(13)15/h12-14H,5-11,15H2,1-4H3. The predicted molar refractivity (Wildman–Crippen MR) is 75.2 cm³/mol. The van der Waals surface area contributed by atoms with Gasteiger partial charge in [-0.1, -0.05) is 13.3 Å². The molecule has 0 aromatic heterocycles. The highest BCUT2D eigenvalue weighted by atomic mass is 15.2. The Morgan fingerprint density at radius 3 is 2.47 bits per heavy atom. The van der Waals surface area contributed by atoms with Gasteiger partial charge in [-0.05, 0) is 59.3 Å². The number of likely N-dealkylation sites (N-methyl/N-ethyl adjacent to an activating group) is 2. The molecule has 3 unspecified atom stereocenters. The van der Waals surface area contributed by atoms with Crippen molar-refractivity contribution >= 4 is 0 Å². The monoisotopic (exact) mass is 241 g/mol. The first-order valence-corrected chi connectivity index (χ1v) is 7.19. The van der Waals surface area contributed by atoms with E-state index in [-0.39, 0.29) is 0 Å². The lowest BCUT2D eigenvalue weighted by molar-refractivity contribution is 0.169. The molecule has 0 radical (unpaired) electrons. The van der Waals surface area contributed by atoms with Gasteiger partial charge in [-0.2, -0.15) is 0 Å². The van der Waals surface area contributed by atoms with Crippen LogP contribution in [0.4, 0.5) is 0 Å². The van der Waals surface area contributed by atoms with Crippen molar-refractivity contribution in [3.05, 3.63) is 0 Å². The molecule has 102 valence electrons. The molecule has 1 aliphatic rings. The molecule has 3 nitrogen and oxygen atoms in total. The first-order chi connectivity index (χ1) is 8.04. The van der Waals surface area contributed by atoms with E-state index in [0.717, 1.165) is 19.0 Å². The minimum atomic E-state index is 0.470. The molecule has 1 saturated carbocycles. The van der Waals surface area contributed by atoms with Crippen LogP contribution in [0.1, 0.15) is 39.5 Å². The van der Waals surface area contributed by atoms with E-state index in [4.69, 9.17) is 5.73 Å². The number of hydrogen-bond donors (Lipinski definition) is 1. The van der Waals surface area contributed by atoms with Gasteiger partial charge in [-0.15, -0.1) is 0 Å². The predicted octanol–water partition coefficient (Wildman–Crippen LogP) is 1.78. The van der Waals surface area contributed by atoms with Crippen LogP contribution in [0.3, 0.4) is 0 Å². The number of hydrogen-bond acceptors (Lipinski definition) is 3. The summed E-state index contributed by atoms with van der Waals surface area (Å²) < 4.78 is 0. The molecule has 1 aliphatic carbocycles. The largest absolute Gasteiger partial charge is 0.327 e. The van der Waals surface area contributed by atoms with Crippen molar-refractivity contribution in [1.29, 1.82) is 0 Å². The van der Waals surface area contributed by atoms with Gasteiger partial charge in [0.1, 0.15) is 0 Å². The summed E-state index contributed by atoms with van der Waals surface area (Å²) >= 11 is 0. The third kappa shape index (κ3) is 4.94. The number of nitrogens with two attached hydrogens (primary N) is 1. The van der Waals surface area contributed by atoms with E-state index in [1.54, 1.807) is 0 Å². The maximum atomic E-state index is 6.14. The van der Waals surface area contributed by atoms with Crippen LogP contribution in [0.15, 0.2) is 0 Å². The van der Waals surface area contributed by atoms with Crippen molar-refractivity contribution in [1.82, 2.24) is 9.80 Å². The van der Waals surface area contributed by atoms with Crippen LogP contribution in [0, 0.1) is 5.92 Å². The van der Waals surface area contributed by atoms with Crippen molar-refractivity contribution in [2.75, 3.05) is 33.7 Å². The first kappa shape index (κ1) is 14.9. The fourth-order valence-corrected chi connectivity index (χ4v) is 3.09. The zero-order valence-corrected chi connectivity index (χ0v) is 12.2. The van der Waals surface area contributed by atoms with Gasteiger partial charge in [0.2, 0.25) is 0 Å². The lowest BCUT2D eigenvalue weighted by Gasteiger charge is -2.31. The third-order valence-electron chi connectivity index (χ3n) is 4.16. The second kappa shape index (κ2) is 7.34. The molecular weight excluding hydrogens is 210 g/mol. The minimum Gasteiger partial charge on any atom is -0.327 e. The Hall–Kier alpha value is -0.120.